The highest BCUT2D eigenvalue weighted by molar-refractivity contribution is 9.10. The van der Waals surface area contributed by atoms with Gasteiger partial charge in [-0.25, -0.2) is 8.42 Å². The topological polar surface area (TPSA) is 57.7 Å². The zero-order valence-corrected chi connectivity index (χ0v) is 17.3. The number of hydrogen-bond donors (Lipinski definition) is 0. The number of amides is 1. The Balaban J connectivity index is 1.71. The van der Waals surface area contributed by atoms with Crippen LogP contribution in [0.1, 0.15) is 15.9 Å². The van der Waals surface area contributed by atoms with Crippen LogP contribution in [0.4, 0.5) is 0 Å². The molecule has 1 aliphatic heterocycles. The van der Waals surface area contributed by atoms with Gasteiger partial charge in [-0.2, -0.15) is 4.31 Å². The molecule has 0 atom stereocenters. The number of benzene rings is 2. The van der Waals surface area contributed by atoms with E-state index in [9.17, 15) is 13.2 Å². The Labute approximate surface area is 166 Å². The summed E-state index contributed by atoms with van der Waals surface area (Å²) >= 11 is 9.32. The molecule has 8 heteroatoms. The molecule has 5 nitrogen and oxygen atoms in total. The largest absolute Gasteiger partial charge is 0.336 e. The minimum atomic E-state index is -3.57. The average molecular weight is 458 g/mol. The van der Waals surface area contributed by atoms with Crippen LogP contribution in [0.15, 0.2) is 51.8 Å². The van der Waals surface area contributed by atoms with Gasteiger partial charge >= 0.3 is 0 Å². The number of hydrogen-bond acceptors (Lipinski definition) is 3. The number of rotatable bonds is 3. The predicted octanol–water partition coefficient (Wildman–Crippen LogP) is 3.56. The number of piperazine rings is 1. The number of halogens is 2. The van der Waals surface area contributed by atoms with Crippen LogP contribution in [0.3, 0.4) is 0 Å². The third-order valence-corrected chi connectivity index (χ3v) is 7.38. The summed E-state index contributed by atoms with van der Waals surface area (Å²) in [6.45, 7) is 3.08. The summed E-state index contributed by atoms with van der Waals surface area (Å²) in [7, 11) is -3.57. The Bertz CT molecular complexity index is 941. The van der Waals surface area contributed by atoms with Crippen molar-refractivity contribution < 1.29 is 13.2 Å². The first-order chi connectivity index (χ1) is 12.3. The lowest BCUT2D eigenvalue weighted by atomic mass is 10.2. The normalized spacial score (nSPS) is 15.9. The Morgan fingerprint density at radius 2 is 1.77 bits per heavy atom. The zero-order valence-electron chi connectivity index (χ0n) is 14.2. The molecule has 1 saturated heterocycles. The van der Waals surface area contributed by atoms with E-state index < -0.39 is 10.0 Å². The van der Waals surface area contributed by atoms with Crippen molar-refractivity contribution >= 4 is 43.5 Å². The molecule has 3 rings (SSSR count). The standard InChI is InChI=1S/C18H18BrClN2O3S/c1-13-11-16(5-6-17(13)19)26(24,25)22-9-7-21(8-10-22)18(23)14-3-2-4-15(20)12-14/h2-6,11-12H,7-10H2,1H3. The van der Waals surface area contributed by atoms with Crippen molar-refractivity contribution in [1.29, 1.82) is 0 Å². The van der Waals surface area contributed by atoms with Gasteiger partial charge in [0.2, 0.25) is 10.0 Å². The Kier molecular flexibility index (Phi) is 5.72. The van der Waals surface area contributed by atoms with Gasteiger partial charge in [-0.3, -0.25) is 4.79 Å². The quantitative estimate of drug-likeness (QED) is 0.708. The van der Waals surface area contributed by atoms with Crippen LogP contribution in [0, 0.1) is 6.92 Å². The SMILES string of the molecule is Cc1cc(S(=O)(=O)N2CCN(C(=O)c3cccc(Cl)c3)CC2)ccc1Br. The summed E-state index contributed by atoms with van der Waals surface area (Å²) in [5, 5.41) is 0.502. The number of nitrogens with zero attached hydrogens (tertiary/aromatic N) is 2. The number of carbonyl (C=O) groups is 1. The third kappa shape index (κ3) is 3.96. The van der Waals surface area contributed by atoms with Gasteiger partial charge in [0.05, 0.1) is 4.90 Å². The van der Waals surface area contributed by atoms with Crippen molar-refractivity contribution in [3.63, 3.8) is 0 Å². The highest BCUT2D eigenvalue weighted by Gasteiger charge is 2.30. The number of carbonyl (C=O) groups excluding carboxylic acids is 1. The lowest BCUT2D eigenvalue weighted by Crippen LogP contribution is -2.50. The molecular formula is C18H18BrClN2O3S. The first-order valence-corrected chi connectivity index (χ1v) is 10.7. The first kappa shape index (κ1) is 19.4. The highest BCUT2D eigenvalue weighted by Crippen LogP contribution is 2.24. The van der Waals surface area contributed by atoms with Crippen molar-refractivity contribution in [2.24, 2.45) is 0 Å². The van der Waals surface area contributed by atoms with Crippen molar-refractivity contribution in [3.05, 3.63) is 63.1 Å². The lowest BCUT2D eigenvalue weighted by molar-refractivity contribution is 0.0698. The predicted molar refractivity (Wildman–Crippen MR) is 105 cm³/mol. The highest BCUT2D eigenvalue weighted by atomic mass is 79.9. The van der Waals surface area contributed by atoms with E-state index in [0.717, 1.165) is 10.0 Å². The molecule has 2 aromatic rings. The monoisotopic (exact) mass is 456 g/mol. The van der Waals surface area contributed by atoms with E-state index in [2.05, 4.69) is 15.9 Å². The summed E-state index contributed by atoms with van der Waals surface area (Å²) in [4.78, 5) is 14.5. The number of sulfonamides is 1. The van der Waals surface area contributed by atoms with E-state index in [0.29, 0.717) is 23.7 Å². The lowest BCUT2D eigenvalue weighted by Gasteiger charge is -2.34. The zero-order chi connectivity index (χ0) is 18.9. The molecule has 1 fully saturated rings. The van der Waals surface area contributed by atoms with Crippen LogP contribution in [0.5, 0.6) is 0 Å². The van der Waals surface area contributed by atoms with Crippen molar-refractivity contribution in [1.82, 2.24) is 9.21 Å². The summed E-state index contributed by atoms with van der Waals surface area (Å²) in [6.07, 6.45) is 0. The van der Waals surface area contributed by atoms with Gasteiger partial charge in [0.1, 0.15) is 0 Å². The molecule has 0 aliphatic carbocycles. The smallest absolute Gasteiger partial charge is 0.253 e. The molecule has 0 bridgehead atoms. The first-order valence-electron chi connectivity index (χ1n) is 8.10. The Morgan fingerprint density at radius 3 is 2.38 bits per heavy atom. The van der Waals surface area contributed by atoms with E-state index >= 15 is 0 Å². The Hall–Kier alpha value is -1.41. The van der Waals surface area contributed by atoms with E-state index in [1.807, 2.05) is 6.92 Å². The minimum absolute atomic E-state index is 0.135. The molecule has 0 aromatic heterocycles. The number of aryl methyl sites for hydroxylation is 1. The fourth-order valence-electron chi connectivity index (χ4n) is 2.86. The fraction of sp³-hybridized carbons (Fsp3) is 0.278. The van der Waals surface area contributed by atoms with E-state index in [1.54, 1.807) is 47.4 Å². The maximum atomic E-state index is 12.8. The van der Waals surface area contributed by atoms with Crippen LogP contribution in [-0.2, 0) is 10.0 Å². The molecule has 26 heavy (non-hydrogen) atoms. The molecular weight excluding hydrogens is 440 g/mol. The van der Waals surface area contributed by atoms with Crippen LogP contribution < -0.4 is 0 Å². The second-order valence-corrected chi connectivity index (χ2v) is 9.35. The van der Waals surface area contributed by atoms with Gasteiger partial charge in [-0.1, -0.05) is 33.6 Å². The second kappa shape index (κ2) is 7.68. The Morgan fingerprint density at radius 1 is 1.08 bits per heavy atom. The summed E-state index contributed by atoms with van der Waals surface area (Å²) in [6, 6.07) is 11.8. The van der Waals surface area contributed by atoms with Crippen molar-refractivity contribution in [2.75, 3.05) is 26.2 Å². The van der Waals surface area contributed by atoms with Crippen molar-refractivity contribution in [3.8, 4) is 0 Å². The van der Waals surface area contributed by atoms with Crippen LogP contribution >= 0.6 is 27.5 Å². The molecule has 0 N–H and O–H groups in total. The fourth-order valence-corrected chi connectivity index (χ4v) is 4.81. The molecule has 1 heterocycles. The second-order valence-electron chi connectivity index (χ2n) is 6.12. The molecule has 2 aromatic carbocycles. The molecule has 138 valence electrons. The van der Waals surface area contributed by atoms with Gasteiger partial charge in [-0.15, -0.1) is 0 Å². The van der Waals surface area contributed by atoms with Gasteiger partial charge in [0.25, 0.3) is 5.91 Å². The molecule has 1 amide bonds. The molecule has 0 radical (unpaired) electrons. The van der Waals surface area contributed by atoms with E-state index in [-0.39, 0.29) is 23.9 Å². The molecule has 1 aliphatic rings. The van der Waals surface area contributed by atoms with Crippen LogP contribution in [-0.4, -0.2) is 49.7 Å². The summed E-state index contributed by atoms with van der Waals surface area (Å²) in [5.74, 6) is -0.135. The van der Waals surface area contributed by atoms with E-state index in [1.165, 1.54) is 4.31 Å². The van der Waals surface area contributed by atoms with Gasteiger partial charge in [0.15, 0.2) is 0 Å². The third-order valence-electron chi connectivity index (χ3n) is 4.36. The minimum Gasteiger partial charge on any atom is -0.336 e. The van der Waals surface area contributed by atoms with Crippen LogP contribution in [0.2, 0.25) is 5.02 Å². The van der Waals surface area contributed by atoms with Gasteiger partial charge in [-0.05, 0) is 48.9 Å². The van der Waals surface area contributed by atoms with Gasteiger partial charge < -0.3 is 4.90 Å². The summed E-state index contributed by atoms with van der Waals surface area (Å²) in [5.41, 5.74) is 1.37. The average Bonchev–Trinajstić information content (AvgIpc) is 2.63. The van der Waals surface area contributed by atoms with Gasteiger partial charge in [0, 0.05) is 41.2 Å². The van der Waals surface area contributed by atoms with Crippen LogP contribution in [0.25, 0.3) is 0 Å². The molecule has 0 unspecified atom stereocenters. The maximum absolute atomic E-state index is 12.8. The van der Waals surface area contributed by atoms with E-state index in [4.69, 9.17) is 11.6 Å². The summed E-state index contributed by atoms with van der Waals surface area (Å²) < 4.78 is 28.0. The molecule has 0 saturated carbocycles. The van der Waals surface area contributed by atoms with Crippen molar-refractivity contribution in [2.45, 2.75) is 11.8 Å². The molecule has 0 spiro atoms. The maximum Gasteiger partial charge on any atom is 0.253 e.